The summed E-state index contributed by atoms with van der Waals surface area (Å²) >= 11 is 1.25. The normalized spacial score (nSPS) is 10.9. The van der Waals surface area contributed by atoms with Gasteiger partial charge < -0.3 is 19.7 Å². The molecular formula is C18H21N5O3S. The Hall–Kier alpha value is -2.81. The number of nitrogens with one attached hydrogen (secondary N) is 2. The highest BCUT2D eigenvalue weighted by molar-refractivity contribution is 8.00. The highest BCUT2D eigenvalue weighted by atomic mass is 32.2. The molecule has 0 atom stereocenters. The van der Waals surface area contributed by atoms with Gasteiger partial charge >= 0.3 is 0 Å². The Morgan fingerprint density at radius 3 is 2.74 bits per heavy atom. The predicted octanol–water partition coefficient (Wildman–Crippen LogP) is 2.13. The van der Waals surface area contributed by atoms with Crippen LogP contribution in [0.5, 0.6) is 0 Å². The number of imidazole rings is 1. The van der Waals surface area contributed by atoms with Crippen LogP contribution >= 0.6 is 11.8 Å². The Morgan fingerprint density at radius 1 is 1.19 bits per heavy atom. The van der Waals surface area contributed by atoms with Crippen LogP contribution in [-0.4, -0.2) is 44.6 Å². The molecular weight excluding hydrogens is 366 g/mol. The molecule has 0 saturated carbocycles. The van der Waals surface area contributed by atoms with E-state index in [9.17, 15) is 9.59 Å². The van der Waals surface area contributed by atoms with E-state index in [2.05, 4.69) is 25.3 Å². The van der Waals surface area contributed by atoms with E-state index >= 15 is 0 Å². The van der Waals surface area contributed by atoms with Gasteiger partial charge in [0.1, 0.15) is 11.6 Å². The van der Waals surface area contributed by atoms with Crippen molar-refractivity contribution >= 4 is 40.4 Å². The third kappa shape index (κ3) is 5.10. The molecule has 0 saturated heterocycles. The quantitative estimate of drug-likeness (QED) is 0.614. The number of benzene rings is 1. The van der Waals surface area contributed by atoms with Gasteiger partial charge in [0.2, 0.25) is 11.8 Å². The molecule has 1 aromatic carbocycles. The molecule has 0 bridgehead atoms. The molecule has 0 unspecified atom stereocenters. The molecule has 9 heteroatoms. The molecule has 8 nitrogen and oxygen atoms in total. The van der Waals surface area contributed by atoms with Gasteiger partial charge in [0.05, 0.1) is 22.5 Å². The molecule has 3 aromatic rings. The third-order valence-electron chi connectivity index (χ3n) is 3.86. The van der Waals surface area contributed by atoms with Crippen LogP contribution in [-0.2, 0) is 16.1 Å². The summed E-state index contributed by atoms with van der Waals surface area (Å²) in [5, 5.41) is 9.18. The SMILES string of the molecule is Cc1cc(NC(=O)CSCC(=O)NCCn2c(C)nc3ccccc32)no1. The van der Waals surface area contributed by atoms with Crippen molar-refractivity contribution < 1.29 is 14.1 Å². The number of nitrogens with zero attached hydrogens (tertiary/aromatic N) is 3. The summed E-state index contributed by atoms with van der Waals surface area (Å²) in [5.74, 6) is 1.98. The van der Waals surface area contributed by atoms with Gasteiger partial charge in [0.15, 0.2) is 5.82 Å². The van der Waals surface area contributed by atoms with Crippen molar-refractivity contribution in [3.05, 3.63) is 41.9 Å². The largest absolute Gasteiger partial charge is 0.360 e. The maximum absolute atomic E-state index is 11.9. The van der Waals surface area contributed by atoms with E-state index in [1.54, 1.807) is 13.0 Å². The zero-order chi connectivity index (χ0) is 19.2. The molecule has 0 radical (unpaired) electrons. The van der Waals surface area contributed by atoms with Crippen LogP contribution in [0.4, 0.5) is 5.82 Å². The first-order chi connectivity index (χ1) is 13.0. The van der Waals surface area contributed by atoms with Gasteiger partial charge in [-0.1, -0.05) is 17.3 Å². The zero-order valence-electron chi connectivity index (χ0n) is 15.2. The molecule has 0 spiro atoms. The third-order valence-corrected chi connectivity index (χ3v) is 4.80. The molecule has 0 aliphatic rings. The van der Waals surface area contributed by atoms with Crippen molar-refractivity contribution in [1.82, 2.24) is 20.0 Å². The Morgan fingerprint density at radius 2 is 1.96 bits per heavy atom. The summed E-state index contributed by atoms with van der Waals surface area (Å²) in [5.41, 5.74) is 2.00. The van der Waals surface area contributed by atoms with Crippen LogP contribution in [0.2, 0.25) is 0 Å². The van der Waals surface area contributed by atoms with Crippen molar-refractivity contribution in [2.24, 2.45) is 0 Å². The number of aryl methyl sites for hydroxylation is 2. The van der Waals surface area contributed by atoms with Crippen LogP contribution in [0.25, 0.3) is 11.0 Å². The second-order valence-electron chi connectivity index (χ2n) is 6.01. The fraction of sp³-hybridized carbons (Fsp3) is 0.333. The molecule has 142 valence electrons. The minimum Gasteiger partial charge on any atom is -0.360 e. The Bertz CT molecular complexity index is 950. The van der Waals surface area contributed by atoms with E-state index < -0.39 is 0 Å². The number of carbonyl (C=O) groups is 2. The van der Waals surface area contributed by atoms with Gasteiger partial charge in [0.25, 0.3) is 0 Å². The summed E-state index contributed by atoms with van der Waals surface area (Å²) in [4.78, 5) is 28.2. The number of carbonyl (C=O) groups excluding carboxylic acids is 2. The fourth-order valence-electron chi connectivity index (χ4n) is 2.68. The van der Waals surface area contributed by atoms with E-state index in [1.165, 1.54) is 11.8 Å². The summed E-state index contributed by atoms with van der Waals surface area (Å²) in [6.07, 6.45) is 0. The van der Waals surface area contributed by atoms with Crippen molar-refractivity contribution in [2.45, 2.75) is 20.4 Å². The smallest absolute Gasteiger partial charge is 0.235 e. The minimum absolute atomic E-state index is 0.104. The number of hydrogen-bond acceptors (Lipinski definition) is 6. The first-order valence-electron chi connectivity index (χ1n) is 8.52. The summed E-state index contributed by atoms with van der Waals surface area (Å²) in [6.45, 7) is 4.85. The summed E-state index contributed by atoms with van der Waals surface area (Å²) < 4.78 is 6.96. The monoisotopic (exact) mass is 387 g/mol. The van der Waals surface area contributed by atoms with Crippen LogP contribution < -0.4 is 10.6 Å². The average molecular weight is 387 g/mol. The maximum atomic E-state index is 11.9. The second-order valence-corrected chi connectivity index (χ2v) is 7.00. The zero-order valence-corrected chi connectivity index (χ0v) is 16.0. The number of amides is 2. The summed E-state index contributed by atoms with van der Waals surface area (Å²) in [7, 11) is 0. The molecule has 27 heavy (non-hydrogen) atoms. The van der Waals surface area contributed by atoms with Gasteiger partial charge in [-0.15, -0.1) is 11.8 Å². The van der Waals surface area contributed by atoms with Gasteiger partial charge in [-0.25, -0.2) is 4.98 Å². The molecule has 2 aromatic heterocycles. The standard InChI is InChI=1S/C18H21N5O3S/c1-12-9-16(22-26-12)21-18(25)11-27-10-17(24)19-7-8-23-13(2)20-14-5-3-4-6-15(14)23/h3-6,9H,7-8,10-11H2,1-2H3,(H,19,24)(H,21,22,25). The fourth-order valence-corrected chi connectivity index (χ4v) is 3.32. The number of fused-ring (bicyclic) bond motifs is 1. The highest BCUT2D eigenvalue weighted by Gasteiger charge is 2.09. The second kappa shape index (κ2) is 8.72. The summed E-state index contributed by atoms with van der Waals surface area (Å²) in [6, 6.07) is 9.55. The molecule has 0 fully saturated rings. The molecule has 2 heterocycles. The highest BCUT2D eigenvalue weighted by Crippen LogP contribution is 2.14. The lowest BCUT2D eigenvalue weighted by Crippen LogP contribution is -2.29. The van der Waals surface area contributed by atoms with Gasteiger partial charge in [-0.2, -0.15) is 0 Å². The molecule has 0 aliphatic heterocycles. The first-order valence-corrected chi connectivity index (χ1v) is 9.68. The molecule has 2 N–H and O–H groups in total. The maximum Gasteiger partial charge on any atom is 0.235 e. The Labute approximate surface area is 160 Å². The number of para-hydroxylation sites is 2. The number of thioether (sulfide) groups is 1. The minimum atomic E-state index is -0.221. The topological polar surface area (TPSA) is 102 Å². The van der Waals surface area contributed by atoms with Crippen molar-refractivity contribution in [2.75, 3.05) is 23.4 Å². The van der Waals surface area contributed by atoms with Crippen molar-refractivity contribution in [3.63, 3.8) is 0 Å². The van der Waals surface area contributed by atoms with Crippen LogP contribution in [0.3, 0.4) is 0 Å². The Kier molecular flexibility index (Phi) is 6.12. The lowest BCUT2D eigenvalue weighted by Gasteiger charge is -2.08. The van der Waals surface area contributed by atoms with Crippen LogP contribution in [0.15, 0.2) is 34.9 Å². The molecule has 0 aliphatic carbocycles. The average Bonchev–Trinajstić information content (AvgIpc) is 3.17. The van der Waals surface area contributed by atoms with Gasteiger partial charge in [0, 0.05) is 19.2 Å². The van der Waals surface area contributed by atoms with Crippen LogP contribution in [0.1, 0.15) is 11.6 Å². The van der Waals surface area contributed by atoms with E-state index in [1.807, 2.05) is 31.2 Å². The lowest BCUT2D eigenvalue weighted by molar-refractivity contribution is -0.118. The van der Waals surface area contributed by atoms with Crippen molar-refractivity contribution in [1.29, 1.82) is 0 Å². The van der Waals surface area contributed by atoms with E-state index in [-0.39, 0.29) is 23.3 Å². The number of aromatic nitrogens is 3. The van der Waals surface area contributed by atoms with E-state index in [0.717, 1.165) is 16.9 Å². The number of hydrogen-bond donors (Lipinski definition) is 2. The lowest BCUT2D eigenvalue weighted by atomic mass is 10.3. The van der Waals surface area contributed by atoms with E-state index in [0.29, 0.717) is 24.7 Å². The number of anilines is 1. The predicted molar refractivity (Wildman–Crippen MR) is 105 cm³/mol. The van der Waals surface area contributed by atoms with Gasteiger partial charge in [-0.05, 0) is 26.0 Å². The number of rotatable bonds is 8. The van der Waals surface area contributed by atoms with E-state index in [4.69, 9.17) is 4.52 Å². The van der Waals surface area contributed by atoms with Gasteiger partial charge in [-0.3, -0.25) is 9.59 Å². The van der Waals surface area contributed by atoms with Crippen molar-refractivity contribution in [3.8, 4) is 0 Å². The Balaban J connectivity index is 1.37. The molecule has 3 rings (SSSR count). The van der Waals surface area contributed by atoms with Crippen LogP contribution in [0, 0.1) is 13.8 Å². The molecule has 2 amide bonds. The first kappa shape index (κ1) is 19.0.